The minimum atomic E-state index is -0.303. The molecule has 1 aromatic rings. The van der Waals surface area contributed by atoms with E-state index < -0.39 is 0 Å². The van der Waals surface area contributed by atoms with Gasteiger partial charge in [-0.3, -0.25) is 15.1 Å². The van der Waals surface area contributed by atoms with Crippen LogP contribution in [0.25, 0.3) is 0 Å². The normalized spacial score (nSPS) is 16.0. The largest absolute Gasteiger partial charge is 0.380 e. The highest BCUT2D eigenvalue weighted by molar-refractivity contribution is 5.76. The number of anilines is 2. The van der Waals surface area contributed by atoms with Crippen molar-refractivity contribution in [2.45, 2.75) is 76.8 Å². The van der Waals surface area contributed by atoms with E-state index in [-0.39, 0.29) is 17.8 Å². The fourth-order valence-electron chi connectivity index (χ4n) is 3.84. The number of carbonyl (C=O) groups is 1. The number of hydrogen-bond donors (Lipinski definition) is 2. The third-order valence-electron chi connectivity index (χ3n) is 5.41. The van der Waals surface area contributed by atoms with Gasteiger partial charge in [-0.25, -0.2) is 4.39 Å². The Bertz CT molecular complexity index is 591. The zero-order chi connectivity index (χ0) is 19.6. The molecule has 1 fully saturated rings. The van der Waals surface area contributed by atoms with Crippen molar-refractivity contribution >= 4 is 17.3 Å². The van der Waals surface area contributed by atoms with E-state index in [0.717, 1.165) is 32.1 Å². The molecular weight excluding hydrogens is 345 g/mol. The first kappa shape index (κ1) is 21.5. The molecule has 2 rings (SSSR count). The van der Waals surface area contributed by atoms with Crippen LogP contribution in [0, 0.1) is 5.82 Å². The molecule has 1 unspecified atom stereocenters. The fraction of sp³-hybridized carbons (Fsp3) is 0.667. The number of rotatable bonds is 10. The standard InChI is InChI=1S/C21H34FN3O2/c1-4-8-17(23-20-15-16(22)11-13-19(20)24-27-3)12-14-21(26)25(2)18-9-6-5-7-10-18/h11,13,15,17-18,23-24H,4-10,12,14H2,1-3H3. The Hall–Kier alpha value is -1.82. The van der Waals surface area contributed by atoms with Crippen molar-refractivity contribution in [2.75, 3.05) is 25.0 Å². The molecule has 6 heteroatoms. The van der Waals surface area contributed by atoms with Gasteiger partial charge in [-0.2, -0.15) is 0 Å². The highest BCUT2D eigenvalue weighted by Crippen LogP contribution is 2.26. The summed E-state index contributed by atoms with van der Waals surface area (Å²) < 4.78 is 13.7. The predicted molar refractivity (Wildman–Crippen MR) is 108 cm³/mol. The van der Waals surface area contributed by atoms with Crippen molar-refractivity contribution in [2.24, 2.45) is 0 Å². The summed E-state index contributed by atoms with van der Waals surface area (Å²) in [5.74, 6) is -0.0956. The van der Waals surface area contributed by atoms with Crippen molar-refractivity contribution in [1.82, 2.24) is 4.90 Å². The third-order valence-corrected chi connectivity index (χ3v) is 5.41. The lowest BCUT2D eigenvalue weighted by atomic mass is 9.94. The van der Waals surface area contributed by atoms with Crippen molar-refractivity contribution in [3.8, 4) is 0 Å². The molecule has 27 heavy (non-hydrogen) atoms. The van der Waals surface area contributed by atoms with E-state index >= 15 is 0 Å². The number of nitrogens with zero attached hydrogens (tertiary/aromatic N) is 1. The summed E-state index contributed by atoms with van der Waals surface area (Å²) in [6.07, 6.45) is 9.11. The second-order valence-corrected chi connectivity index (χ2v) is 7.46. The van der Waals surface area contributed by atoms with E-state index in [2.05, 4.69) is 17.7 Å². The molecule has 2 N–H and O–H groups in total. The average Bonchev–Trinajstić information content (AvgIpc) is 2.68. The van der Waals surface area contributed by atoms with E-state index in [4.69, 9.17) is 4.84 Å². The van der Waals surface area contributed by atoms with Crippen LogP contribution in [0.15, 0.2) is 18.2 Å². The van der Waals surface area contributed by atoms with Crippen LogP contribution in [0.1, 0.15) is 64.7 Å². The summed E-state index contributed by atoms with van der Waals surface area (Å²) in [4.78, 5) is 19.6. The molecule has 5 nitrogen and oxygen atoms in total. The quantitative estimate of drug-likeness (QED) is 0.565. The summed E-state index contributed by atoms with van der Waals surface area (Å²) in [7, 11) is 3.46. The van der Waals surface area contributed by atoms with Crippen molar-refractivity contribution < 1.29 is 14.0 Å². The van der Waals surface area contributed by atoms with E-state index in [1.807, 2.05) is 11.9 Å². The molecule has 0 radical (unpaired) electrons. The van der Waals surface area contributed by atoms with Gasteiger partial charge in [0.25, 0.3) is 0 Å². The van der Waals surface area contributed by atoms with Crippen LogP contribution in [0.4, 0.5) is 15.8 Å². The Morgan fingerprint density at radius 1 is 1.26 bits per heavy atom. The molecule has 0 saturated heterocycles. The first-order valence-electron chi connectivity index (χ1n) is 10.2. The lowest BCUT2D eigenvalue weighted by molar-refractivity contribution is -0.132. The molecule has 0 heterocycles. The second-order valence-electron chi connectivity index (χ2n) is 7.46. The number of halogens is 1. The molecule has 1 amide bonds. The topological polar surface area (TPSA) is 53.6 Å². The van der Waals surface area contributed by atoms with E-state index in [1.54, 1.807) is 6.07 Å². The number of benzene rings is 1. The summed E-state index contributed by atoms with van der Waals surface area (Å²) in [5, 5.41) is 3.39. The van der Waals surface area contributed by atoms with Gasteiger partial charge >= 0.3 is 0 Å². The maximum Gasteiger partial charge on any atom is 0.222 e. The first-order chi connectivity index (χ1) is 13.0. The van der Waals surface area contributed by atoms with Gasteiger partial charge in [0.1, 0.15) is 5.82 Å². The molecule has 1 atom stereocenters. The monoisotopic (exact) mass is 379 g/mol. The lowest BCUT2D eigenvalue weighted by Gasteiger charge is -2.32. The summed E-state index contributed by atoms with van der Waals surface area (Å²) in [5.41, 5.74) is 4.11. The Kier molecular flexibility index (Phi) is 8.85. The Morgan fingerprint density at radius 3 is 2.67 bits per heavy atom. The fourth-order valence-corrected chi connectivity index (χ4v) is 3.84. The van der Waals surface area contributed by atoms with Crippen LogP contribution in [-0.4, -0.2) is 37.0 Å². The molecule has 152 valence electrons. The maximum absolute atomic E-state index is 13.7. The van der Waals surface area contributed by atoms with Crippen LogP contribution in [0.2, 0.25) is 0 Å². The van der Waals surface area contributed by atoms with Gasteiger partial charge in [-0.15, -0.1) is 0 Å². The molecule has 1 aliphatic carbocycles. The van der Waals surface area contributed by atoms with Gasteiger partial charge in [0.05, 0.1) is 18.5 Å². The van der Waals surface area contributed by atoms with Gasteiger partial charge in [-0.1, -0.05) is 32.6 Å². The van der Waals surface area contributed by atoms with E-state index in [9.17, 15) is 9.18 Å². The van der Waals surface area contributed by atoms with Crippen LogP contribution < -0.4 is 10.8 Å². The van der Waals surface area contributed by atoms with Crippen molar-refractivity contribution in [3.05, 3.63) is 24.0 Å². The zero-order valence-corrected chi connectivity index (χ0v) is 16.9. The van der Waals surface area contributed by atoms with E-state index in [1.165, 1.54) is 38.5 Å². The highest BCUT2D eigenvalue weighted by Gasteiger charge is 2.22. The number of nitrogens with one attached hydrogen (secondary N) is 2. The van der Waals surface area contributed by atoms with Crippen molar-refractivity contribution in [1.29, 1.82) is 0 Å². The molecule has 0 spiro atoms. The third kappa shape index (κ3) is 6.69. The lowest BCUT2D eigenvalue weighted by Crippen LogP contribution is -2.38. The SMILES string of the molecule is CCCC(CCC(=O)N(C)C1CCCCC1)Nc1cc(F)ccc1NOC. The molecule has 1 saturated carbocycles. The molecule has 1 aromatic carbocycles. The molecule has 0 bridgehead atoms. The summed E-state index contributed by atoms with van der Waals surface area (Å²) in [6.45, 7) is 2.12. The second kappa shape index (κ2) is 11.1. The predicted octanol–water partition coefficient (Wildman–Crippen LogP) is 4.95. The Balaban J connectivity index is 1.95. The maximum atomic E-state index is 13.7. The van der Waals surface area contributed by atoms with Gasteiger partial charge in [0.15, 0.2) is 0 Å². The minimum Gasteiger partial charge on any atom is -0.380 e. The molecule has 1 aliphatic rings. The Labute approximate surface area is 162 Å². The first-order valence-corrected chi connectivity index (χ1v) is 10.2. The average molecular weight is 380 g/mol. The minimum absolute atomic E-state index is 0.109. The van der Waals surface area contributed by atoms with Crippen LogP contribution in [0.5, 0.6) is 0 Å². The molecule has 0 aliphatic heterocycles. The van der Waals surface area contributed by atoms with Gasteiger partial charge in [0, 0.05) is 25.6 Å². The highest BCUT2D eigenvalue weighted by atomic mass is 19.1. The van der Waals surface area contributed by atoms with Gasteiger partial charge in [0.2, 0.25) is 5.91 Å². The molecular formula is C21H34FN3O2. The number of amides is 1. The molecule has 0 aromatic heterocycles. The number of carbonyl (C=O) groups excluding carboxylic acids is 1. The van der Waals surface area contributed by atoms with Crippen LogP contribution in [0.3, 0.4) is 0 Å². The van der Waals surface area contributed by atoms with E-state index in [0.29, 0.717) is 23.8 Å². The van der Waals surface area contributed by atoms with Crippen molar-refractivity contribution in [3.63, 3.8) is 0 Å². The zero-order valence-electron chi connectivity index (χ0n) is 16.9. The van der Waals surface area contributed by atoms with Gasteiger partial charge < -0.3 is 10.2 Å². The summed E-state index contributed by atoms with van der Waals surface area (Å²) >= 11 is 0. The van der Waals surface area contributed by atoms with Gasteiger partial charge in [-0.05, 0) is 43.9 Å². The number of hydrogen-bond acceptors (Lipinski definition) is 4. The summed E-state index contributed by atoms with van der Waals surface area (Å²) in [6, 6.07) is 5.00. The van der Waals surface area contributed by atoms with Crippen LogP contribution in [-0.2, 0) is 9.63 Å². The Morgan fingerprint density at radius 2 is 2.00 bits per heavy atom. The smallest absolute Gasteiger partial charge is 0.222 e. The van der Waals surface area contributed by atoms with Crippen LogP contribution >= 0.6 is 0 Å².